The van der Waals surface area contributed by atoms with E-state index in [1.807, 2.05) is 6.07 Å². The van der Waals surface area contributed by atoms with Crippen LogP contribution in [-0.4, -0.2) is 25.0 Å². The van der Waals surface area contributed by atoms with Crippen molar-refractivity contribution in [1.29, 1.82) is 0 Å². The average molecular weight is 272 g/mol. The molecule has 1 aromatic carbocycles. The number of nitrogens with one attached hydrogen (secondary N) is 1. The van der Waals surface area contributed by atoms with Gasteiger partial charge < -0.3 is 14.4 Å². The molecule has 2 bridgehead atoms. The first-order valence-electron chi connectivity index (χ1n) is 7.72. The van der Waals surface area contributed by atoms with E-state index in [1.54, 1.807) is 4.90 Å². The molecule has 0 radical (unpaired) electrons. The van der Waals surface area contributed by atoms with E-state index < -0.39 is 5.79 Å². The summed E-state index contributed by atoms with van der Waals surface area (Å²) in [4.78, 5) is 1.54. The van der Waals surface area contributed by atoms with E-state index in [2.05, 4.69) is 38.1 Å². The number of piperidine rings is 3. The van der Waals surface area contributed by atoms with E-state index in [0.717, 1.165) is 5.75 Å². The number of fused-ring (bicyclic) bond motifs is 3. The largest absolute Gasteiger partial charge is 0.452 e. The minimum atomic E-state index is -0.519. The second-order valence-electron chi connectivity index (χ2n) is 6.41. The minimum absolute atomic E-state index is 0.170. The Balaban J connectivity index is 1.85. The Morgan fingerprint density at radius 2 is 2.00 bits per heavy atom. The number of ether oxygens (including phenoxy) is 2. The summed E-state index contributed by atoms with van der Waals surface area (Å²) in [6, 6.07) is 8.29. The molecule has 106 valence electrons. The summed E-state index contributed by atoms with van der Waals surface area (Å²) in [7, 11) is 0. The molecule has 3 fully saturated rings. The van der Waals surface area contributed by atoms with Gasteiger partial charge in [0.15, 0.2) is 5.70 Å². The van der Waals surface area contributed by atoms with Crippen LogP contribution in [0.2, 0.25) is 0 Å². The lowest BCUT2D eigenvalue weighted by atomic mass is 9.78. The van der Waals surface area contributed by atoms with Crippen molar-refractivity contribution in [1.82, 2.24) is 0 Å². The Kier molecular flexibility index (Phi) is 2.69. The molecule has 20 heavy (non-hydrogen) atoms. The van der Waals surface area contributed by atoms with Crippen LogP contribution in [0.15, 0.2) is 30.0 Å². The van der Waals surface area contributed by atoms with Crippen molar-refractivity contribution in [3.8, 4) is 5.75 Å². The van der Waals surface area contributed by atoms with Gasteiger partial charge in [0.1, 0.15) is 5.75 Å². The van der Waals surface area contributed by atoms with Crippen molar-refractivity contribution in [2.45, 2.75) is 38.6 Å². The molecule has 1 aromatic rings. The lowest BCUT2D eigenvalue weighted by Crippen LogP contribution is -3.16. The van der Waals surface area contributed by atoms with Crippen LogP contribution in [0, 0.1) is 5.92 Å². The first-order valence-corrected chi connectivity index (χ1v) is 7.72. The molecule has 0 amide bonds. The van der Waals surface area contributed by atoms with Crippen molar-refractivity contribution in [3.63, 3.8) is 0 Å². The van der Waals surface area contributed by atoms with Gasteiger partial charge in [-0.1, -0.05) is 18.2 Å². The van der Waals surface area contributed by atoms with Gasteiger partial charge in [0, 0.05) is 30.4 Å². The monoisotopic (exact) mass is 272 g/mol. The van der Waals surface area contributed by atoms with Crippen molar-refractivity contribution < 1.29 is 14.4 Å². The second-order valence-corrected chi connectivity index (χ2v) is 6.41. The van der Waals surface area contributed by atoms with E-state index in [-0.39, 0.29) is 6.10 Å². The van der Waals surface area contributed by atoms with E-state index in [4.69, 9.17) is 9.47 Å². The van der Waals surface area contributed by atoms with Gasteiger partial charge in [-0.15, -0.1) is 0 Å². The SMILES string of the molecule is CC(C)OC12Oc3ccccc3C=C1[NH+]1CCC2CC1. The van der Waals surface area contributed by atoms with Crippen LogP contribution in [0.1, 0.15) is 32.3 Å². The molecule has 3 heteroatoms. The first-order chi connectivity index (χ1) is 9.69. The first kappa shape index (κ1) is 12.4. The maximum absolute atomic E-state index is 6.46. The molecular weight excluding hydrogens is 250 g/mol. The maximum Gasteiger partial charge on any atom is 0.289 e. The normalized spacial score (nSPS) is 34.2. The molecule has 0 saturated carbocycles. The molecule has 0 aliphatic carbocycles. The number of para-hydroxylation sites is 1. The van der Waals surface area contributed by atoms with Gasteiger partial charge in [-0.2, -0.15) is 0 Å². The van der Waals surface area contributed by atoms with Crippen LogP contribution in [0.5, 0.6) is 5.75 Å². The molecule has 3 nitrogen and oxygen atoms in total. The summed E-state index contributed by atoms with van der Waals surface area (Å²) in [6.07, 6.45) is 4.87. The van der Waals surface area contributed by atoms with Crippen LogP contribution in [0.3, 0.4) is 0 Å². The highest BCUT2D eigenvalue weighted by Crippen LogP contribution is 2.44. The Hall–Kier alpha value is -1.32. The fourth-order valence-electron chi connectivity index (χ4n) is 3.97. The zero-order chi connectivity index (χ0) is 13.7. The van der Waals surface area contributed by atoms with E-state index in [1.165, 1.54) is 37.2 Å². The summed E-state index contributed by atoms with van der Waals surface area (Å²) in [5.74, 6) is 0.931. The summed E-state index contributed by atoms with van der Waals surface area (Å²) in [5, 5.41) is 0. The highest BCUT2D eigenvalue weighted by atomic mass is 16.7. The van der Waals surface area contributed by atoms with Gasteiger partial charge in [0.2, 0.25) is 0 Å². The number of hydrogen-bond acceptors (Lipinski definition) is 2. The van der Waals surface area contributed by atoms with E-state index in [9.17, 15) is 0 Å². The Morgan fingerprint density at radius 1 is 1.25 bits per heavy atom. The van der Waals surface area contributed by atoms with Crippen molar-refractivity contribution >= 4 is 6.08 Å². The molecule has 1 unspecified atom stereocenters. The van der Waals surface area contributed by atoms with Crippen molar-refractivity contribution in [2.75, 3.05) is 13.1 Å². The summed E-state index contributed by atoms with van der Waals surface area (Å²) in [5.41, 5.74) is 2.50. The minimum Gasteiger partial charge on any atom is -0.452 e. The Labute approximate surface area is 120 Å². The zero-order valence-electron chi connectivity index (χ0n) is 12.2. The molecule has 1 N–H and O–H groups in total. The van der Waals surface area contributed by atoms with Gasteiger partial charge in [-0.25, -0.2) is 0 Å². The molecule has 4 aliphatic heterocycles. The summed E-state index contributed by atoms with van der Waals surface area (Å²) in [6.45, 7) is 6.63. The van der Waals surface area contributed by atoms with Crippen LogP contribution in [0.25, 0.3) is 6.08 Å². The predicted molar refractivity (Wildman–Crippen MR) is 77.4 cm³/mol. The average Bonchev–Trinajstić information content (AvgIpc) is 2.46. The molecule has 0 aromatic heterocycles. The lowest BCUT2D eigenvalue weighted by Gasteiger charge is -2.52. The third-order valence-electron chi connectivity index (χ3n) is 4.77. The fraction of sp³-hybridized carbons (Fsp3) is 0.529. The number of rotatable bonds is 2. The van der Waals surface area contributed by atoms with Crippen molar-refractivity contribution in [2.24, 2.45) is 5.92 Å². The summed E-state index contributed by atoms with van der Waals surface area (Å²) < 4.78 is 12.8. The molecule has 5 rings (SSSR count). The number of quaternary nitrogens is 1. The Morgan fingerprint density at radius 3 is 2.75 bits per heavy atom. The quantitative estimate of drug-likeness (QED) is 0.888. The highest BCUT2D eigenvalue weighted by molar-refractivity contribution is 5.62. The molecular formula is C17H22NO2+. The van der Waals surface area contributed by atoms with Gasteiger partial charge in [0.05, 0.1) is 19.2 Å². The van der Waals surface area contributed by atoms with Gasteiger partial charge >= 0.3 is 0 Å². The van der Waals surface area contributed by atoms with Crippen LogP contribution in [-0.2, 0) is 4.74 Å². The highest BCUT2D eigenvalue weighted by Gasteiger charge is 2.59. The topological polar surface area (TPSA) is 22.9 Å². The molecule has 3 saturated heterocycles. The molecule has 1 atom stereocenters. The smallest absolute Gasteiger partial charge is 0.289 e. The Bertz CT molecular complexity index is 558. The fourth-order valence-corrected chi connectivity index (χ4v) is 3.97. The standard InChI is InChI=1S/C17H21NO2/c1-12(2)19-17-14-7-9-18(10-8-14)16(17)11-13-5-3-4-6-15(13)20-17/h3-6,11-12,14H,7-10H2,1-2H3/p+1. The number of benzene rings is 1. The third-order valence-corrected chi connectivity index (χ3v) is 4.77. The van der Waals surface area contributed by atoms with Crippen LogP contribution in [0.4, 0.5) is 0 Å². The number of hydrogen-bond donors (Lipinski definition) is 1. The van der Waals surface area contributed by atoms with Gasteiger partial charge in [0.25, 0.3) is 5.79 Å². The van der Waals surface area contributed by atoms with Crippen LogP contribution >= 0.6 is 0 Å². The molecule has 4 aliphatic rings. The van der Waals surface area contributed by atoms with E-state index >= 15 is 0 Å². The van der Waals surface area contributed by atoms with Crippen molar-refractivity contribution in [3.05, 3.63) is 35.5 Å². The van der Waals surface area contributed by atoms with Gasteiger partial charge in [-0.3, -0.25) is 0 Å². The predicted octanol–water partition coefficient (Wildman–Crippen LogP) is 1.85. The maximum atomic E-state index is 6.46. The lowest BCUT2D eigenvalue weighted by molar-refractivity contribution is -0.889. The third kappa shape index (κ3) is 1.66. The van der Waals surface area contributed by atoms with Crippen LogP contribution < -0.4 is 9.64 Å². The summed E-state index contributed by atoms with van der Waals surface area (Å²) >= 11 is 0. The van der Waals surface area contributed by atoms with Gasteiger partial charge in [-0.05, 0) is 19.9 Å². The molecule has 0 spiro atoms. The molecule has 4 heterocycles. The second kappa shape index (κ2) is 4.34. The van der Waals surface area contributed by atoms with E-state index in [0.29, 0.717) is 5.92 Å². The zero-order valence-corrected chi connectivity index (χ0v) is 12.2.